The molecule has 0 aliphatic heterocycles. The molecule has 0 saturated carbocycles. The Bertz CT molecular complexity index is 1290. The first kappa shape index (κ1) is 8.98. The van der Waals surface area contributed by atoms with E-state index in [1.807, 2.05) is 0 Å². The molecule has 0 spiro atoms. The Morgan fingerprint density at radius 3 is 2.26 bits per heavy atom. The van der Waals surface area contributed by atoms with Gasteiger partial charge in [0.2, 0.25) is 0 Å². The number of hydrogen-bond donors (Lipinski definition) is 1. The van der Waals surface area contributed by atoms with Crippen molar-refractivity contribution >= 4 is 5.82 Å². The Balaban J connectivity index is 2.38. The molecule has 0 amide bonds. The molecule has 1 unspecified atom stereocenters. The van der Waals surface area contributed by atoms with Crippen LogP contribution in [0.5, 0.6) is 0 Å². The van der Waals surface area contributed by atoms with Crippen molar-refractivity contribution < 1.29 is 21.6 Å². The minimum absolute atomic E-state index is 0.130. The molecule has 4 nitrogen and oxygen atoms in total. The van der Waals surface area contributed by atoms with Crippen LogP contribution < -0.4 is 4.90 Å². The number of rotatable bonds is 8. The van der Waals surface area contributed by atoms with E-state index in [2.05, 4.69) is 9.97 Å². The third-order valence-corrected chi connectivity index (χ3v) is 3.70. The van der Waals surface area contributed by atoms with Gasteiger partial charge in [0.15, 0.2) is 0 Å². The molecule has 0 fully saturated rings. The van der Waals surface area contributed by atoms with Crippen molar-refractivity contribution in [3.05, 3.63) is 66.9 Å². The third kappa shape index (κ3) is 4.72. The summed E-state index contributed by atoms with van der Waals surface area (Å²) in [6.07, 6.45) is -6.89. The molecule has 3 aromatic rings. The van der Waals surface area contributed by atoms with Crippen LogP contribution in [0.3, 0.4) is 0 Å². The first-order chi connectivity index (χ1) is 17.7. The van der Waals surface area contributed by atoms with Crippen molar-refractivity contribution in [1.29, 1.82) is 0 Å². The topological polar surface area (TPSA) is 49.2 Å². The average Bonchev–Trinajstić information content (AvgIpc) is 2.83. The summed E-state index contributed by atoms with van der Waals surface area (Å²) in [5, 5.41) is 9.76. The molecule has 1 aromatic heterocycles. The molecule has 0 aliphatic carbocycles. The highest BCUT2D eigenvalue weighted by Crippen LogP contribution is 2.30. The zero-order valence-electron chi connectivity index (χ0n) is 26.6. The van der Waals surface area contributed by atoms with Crippen molar-refractivity contribution in [3.63, 3.8) is 0 Å². The second-order valence-electron chi connectivity index (χ2n) is 5.55. The second-order valence-corrected chi connectivity index (χ2v) is 5.55. The fourth-order valence-electron chi connectivity index (χ4n) is 2.52. The number of anilines is 1. The predicted molar refractivity (Wildman–Crippen MR) is 112 cm³/mol. The molecule has 4 heteroatoms. The van der Waals surface area contributed by atoms with Crippen LogP contribution in [0.2, 0.25) is 0 Å². The van der Waals surface area contributed by atoms with Gasteiger partial charge < -0.3 is 10.0 Å². The van der Waals surface area contributed by atoms with Gasteiger partial charge in [0, 0.05) is 42.5 Å². The van der Waals surface area contributed by atoms with E-state index in [9.17, 15) is 5.11 Å². The van der Waals surface area contributed by atoms with Crippen LogP contribution >= 0.6 is 0 Å². The number of nitrogens with zero attached hydrogens (tertiary/aromatic N) is 3. The van der Waals surface area contributed by atoms with Crippen LogP contribution in [0.1, 0.15) is 43.0 Å². The monoisotopic (exact) mass is 373 g/mol. The number of aromatic nitrogens is 2. The molecule has 27 heavy (non-hydrogen) atoms. The van der Waals surface area contributed by atoms with E-state index in [4.69, 9.17) is 16.4 Å². The molecule has 0 radical (unpaired) electrons. The highest BCUT2D eigenvalue weighted by molar-refractivity contribution is 5.78. The van der Waals surface area contributed by atoms with E-state index in [1.165, 1.54) is 0 Å². The van der Waals surface area contributed by atoms with Gasteiger partial charge in [0.25, 0.3) is 0 Å². The van der Waals surface area contributed by atoms with E-state index in [0.29, 0.717) is 16.8 Å². The summed E-state index contributed by atoms with van der Waals surface area (Å²) in [5.74, 6) is -0.620. The summed E-state index contributed by atoms with van der Waals surface area (Å²) in [6.45, 7) is -10.2. The van der Waals surface area contributed by atoms with Gasteiger partial charge in [-0.25, -0.2) is 4.98 Å². The number of aliphatic hydroxyl groups is 1. The van der Waals surface area contributed by atoms with Crippen LogP contribution in [-0.4, -0.2) is 34.1 Å². The van der Waals surface area contributed by atoms with E-state index in [1.54, 1.807) is 60.7 Å². The van der Waals surface area contributed by atoms with Gasteiger partial charge >= 0.3 is 0 Å². The van der Waals surface area contributed by atoms with Crippen LogP contribution in [0.25, 0.3) is 22.5 Å². The van der Waals surface area contributed by atoms with Crippen LogP contribution in [0, 0.1) is 0 Å². The van der Waals surface area contributed by atoms with E-state index < -0.39 is 44.5 Å². The molecular formula is C23H27N3O. The third-order valence-electron chi connectivity index (χ3n) is 3.70. The Labute approximate surface area is 178 Å². The highest BCUT2D eigenvalue weighted by atomic mass is 16.2. The highest BCUT2D eigenvalue weighted by Gasteiger charge is 2.17. The molecule has 0 saturated heterocycles. The first-order valence-electron chi connectivity index (χ1n) is 14.2. The second kappa shape index (κ2) is 9.28. The summed E-state index contributed by atoms with van der Waals surface area (Å²) in [5.41, 5.74) is 1.55. The van der Waals surface area contributed by atoms with E-state index in [0.717, 1.165) is 13.1 Å². The van der Waals surface area contributed by atoms with Gasteiger partial charge in [-0.3, -0.25) is 4.98 Å². The predicted octanol–water partition coefficient (Wildman–Crippen LogP) is 4.80. The average molecular weight is 374 g/mol. The maximum Gasteiger partial charge on any atom is 0.148 e. The Hall–Kier alpha value is -2.72. The molecule has 3 rings (SSSR count). The molecule has 140 valence electrons. The Morgan fingerprint density at radius 1 is 1.04 bits per heavy atom. The van der Waals surface area contributed by atoms with Gasteiger partial charge in [-0.2, -0.15) is 0 Å². The van der Waals surface area contributed by atoms with Gasteiger partial charge in [0.05, 0.1) is 21.7 Å². The van der Waals surface area contributed by atoms with Crippen LogP contribution in [0.15, 0.2) is 66.9 Å². The van der Waals surface area contributed by atoms with Gasteiger partial charge in [-0.15, -0.1) is 0 Å². The molecule has 0 bridgehead atoms. The minimum Gasteiger partial charge on any atom is -0.396 e. The van der Waals surface area contributed by atoms with Gasteiger partial charge in [0.1, 0.15) is 5.82 Å². The van der Waals surface area contributed by atoms with Crippen molar-refractivity contribution in [3.8, 4) is 22.5 Å². The SMILES string of the molecule is [2H]C([2H])([2H])C([2H])(C)N(c1cnc(-c2ccccc2)c(-c2ccccc2)n1)C([2H])([2H])C([2H])([2H])C([2H])([2H])C([2H])([2H])O. The van der Waals surface area contributed by atoms with Crippen molar-refractivity contribution in [2.24, 2.45) is 0 Å². The molecule has 1 N–H and O–H groups in total. The lowest BCUT2D eigenvalue weighted by Gasteiger charge is -2.28. The maximum absolute atomic E-state index is 9.76. The number of benzene rings is 2. The normalized spacial score (nSPS) is 22.3. The zero-order chi connectivity index (χ0) is 29.7. The lowest BCUT2D eigenvalue weighted by Crippen LogP contribution is -2.32. The van der Waals surface area contributed by atoms with Gasteiger partial charge in [-0.1, -0.05) is 60.7 Å². The largest absolute Gasteiger partial charge is 0.396 e. The van der Waals surface area contributed by atoms with E-state index >= 15 is 0 Å². The maximum atomic E-state index is 9.76. The number of hydrogen-bond acceptors (Lipinski definition) is 4. The summed E-state index contributed by atoms with van der Waals surface area (Å²) in [4.78, 5) is 8.93. The molecule has 2 aromatic carbocycles. The summed E-state index contributed by atoms with van der Waals surface area (Å²) in [6, 6.07) is 14.2. The van der Waals surface area contributed by atoms with Crippen LogP contribution in [0.4, 0.5) is 5.82 Å². The lowest BCUT2D eigenvalue weighted by atomic mass is 10.0. The molecule has 1 heterocycles. The minimum atomic E-state index is -3.93. The Morgan fingerprint density at radius 2 is 1.67 bits per heavy atom. The smallest absolute Gasteiger partial charge is 0.148 e. The summed E-state index contributed by atoms with van der Waals surface area (Å²) < 4.78 is 97.0. The first-order valence-corrected chi connectivity index (χ1v) is 8.18. The van der Waals surface area contributed by atoms with Crippen molar-refractivity contribution in [2.75, 3.05) is 18.0 Å². The van der Waals surface area contributed by atoms with E-state index in [-0.39, 0.29) is 10.6 Å². The molecular weight excluding hydrogens is 334 g/mol. The lowest BCUT2D eigenvalue weighted by molar-refractivity contribution is 0.284. The van der Waals surface area contributed by atoms with Crippen LogP contribution in [-0.2, 0) is 0 Å². The van der Waals surface area contributed by atoms with Crippen molar-refractivity contribution in [2.45, 2.75) is 32.5 Å². The van der Waals surface area contributed by atoms with Gasteiger partial charge in [-0.05, 0) is 26.5 Å². The fourth-order valence-corrected chi connectivity index (χ4v) is 2.52. The zero-order valence-corrected chi connectivity index (χ0v) is 14.6. The molecule has 0 aliphatic rings. The standard InChI is InChI=1S/C23H27N3O/c1-18(2)26(15-9-10-16-27)21-17-24-22(19-11-5-3-6-12-19)23(25-21)20-13-7-4-8-14-20/h3-8,11-14,17-18,27H,9-10,15-16H2,1-2H3/i1D3,9D2,10D2,15D2,16D2,18D. The van der Waals surface area contributed by atoms with Crippen molar-refractivity contribution in [1.82, 2.24) is 9.97 Å². The Kier molecular flexibility index (Phi) is 3.09. The molecule has 1 atom stereocenters. The summed E-state index contributed by atoms with van der Waals surface area (Å²) >= 11 is 0. The quantitative estimate of drug-likeness (QED) is 0.616. The summed E-state index contributed by atoms with van der Waals surface area (Å²) in [7, 11) is 0. The fraction of sp³-hybridized carbons (Fsp3) is 0.304.